The van der Waals surface area contributed by atoms with E-state index in [1.807, 2.05) is 0 Å². The molecule has 1 unspecified atom stereocenters. The topological polar surface area (TPSA) is 29.1 Å². The Bertz CT molecular complexity index is 506. The molecule has 0 bridgehead atoms. The number of hydrogen-bond donors (Lipinski definition) is 1. The first-order valence-electron chi connectivity index (χ1n) is 7.70. The first kappa shape index (κ1) is 14.1. The molecule has 0 aromatic heterocycles. The van der Waals surface area contributed by atoms with Crippen LogP contribution in [0.15, 0.2) is 18.2 Å². The summed E-state index contributed by atoms with van der Waals surface area (Å²) in [7, 11) is 0. The SMILES string of the molecule is CC1CCC(C(Br)c2ccc3c(c2)C(=O)NCC3)CC1. The second-order valence-corrected chi connectivity index (χ2v) is 7.33. The number of nitrogens with one attached hydrogen (secondary N) is 1. The fraction of sp³-hybridized carbons (Fsp3) is 0.588. The van der Waals surface area contributed by atoms with Crippen molar-refractivity contribution in [1.82, 2.24) is 5.32 Å². The Morgan fingerprint density at radius 3 is 2.75 bits per heavy atom. The van der Waals surface area contributed by atoms with E-state index in [4.69, 9.17) is 0 Å². The van der Waals surface area contributed by atoms with Crippen molar-refractivity contribution in [1.29, 1.82) is 0 Å². The maximum absolute atomic E-state index is 12.0. The van der Waals surface area contributed by atoms with Crippen LogP contribution in [0.1, 0.15) is 58.9 Å². The quantitative estimate of drug-likeness (QED) is 0.805. The lowest BCUT2D eigenvalue weighted by atomic mass is 9.79. The van der Waals surface area contributed by atoms with Gasteiger partial charge in [-0.3, -0.25) is 4.79 Å². The molecule has 20 heavy (non-hydrogen) atoms. The van der Waals surface area contributed by atoms with Gasteiger partial charge in [0.1, 0.15) is 0 Å². The molecule has 1 heterocycles. The molecule has 1 aliphatic heterocycles. The van der Waals surface area contributed by atoms with Crippen LogP contribution < -0.4 is 5.32 Å². The summed E-state index contributed by atoms with van der Waals surface area (Å²) in [5.41, 5.74) is 3.33. The van der Waals surface area contributed by atoms with E-state index in [2.05, 4.69) is 46.4 Å². The molecule has 2 aliphatic rings. The number of benzene rings is 1. The number of halogens is 1. The Labute approximate surface area is 129 Å². The van der Waals surface area contributed by atoms with Crippen molar-refractivity contribution in [2.24, 2.45) is 11.8 Å². The van der Waals surface area contributed by atoms with Gasteiger partial charge in [-0.2, -0.15) is 0 Å². The molecule has 1 aromatic rings. The van der Waals surface area contributed by atoms with E-state index >= 15 is 0 Å². The first-order valence-corrected chi connectivity index (χ1v) is 8.62. The molecule has 0 spiro atoms. The van der Waals surface area contributed by atoms with Gasteiger partial charge in [0.25, 0.3) is 5.91 Å². The molecule has 108 valence electrons. The van der Waals surface area contributed by atoms with Crippen LogP contribution in [0.5, 0.6) is 0 Å². The van der Waals surface area contributed by atoms with Gasteiger partial charge in [-0.1, -0.05) is 47.8 Å². The third-order valence-electron chi connectivity index (χ3n) is 4.85. The van der Waals surface area contributed by atoms with Gasteiger partial charge >= 0.3 is 0 Å². The fourth-order valence-electron chi connectivity index (χ4n) is 3.45. The molecule has 1 fully saturated rings. The number of rotatable bonds is 2. The van der Waals surface area contributed by atoms with E-state index in [1.165, 1.54) is 36.8 Å². The van der Waals surface area contributed by atoms with Crippen molar-refractivity contribution in [2.75, 3.05) is 6.54 Å². The van der Waals surface area contributed by atoms with Gasteiger partial charge < -0.3 is 5.32 Å². The van der Waals surface area contributed by atoms with Gasteiger partial charge in [0.15, 0.2) is 0 Å². The van der Waals surface area contributed by atoms with Gasteiger partial charge in [0.2, 0.25) is 0 Å². The Morgan fingerprint density at radius 2 is 2.00 bits per heavy atom. The second-order valence-electron chi connectivity index (χ2n) is 6.34. The number of amides is 1. The lowest BCUT2D eigenvalue weighted by molar-refractivity contribution is 0.0946. The summed E-state index contributed by atoms with van der Waals surface area (Å²) >= 11 is 3.88. The zero-order valence-corrected chi connectivity index (χ0v) is 13.6. The summed E-state index contributed by atoms with van der Waals surface area (Å²) in [4.78, 5) is 12.3. The molecular formula is C17H22BrNO. The molecule has 1 aliphatic carbocycles. The highest BCUT2D eigenvalue weighted by Gasteiger charge is 2.26. The molecular weight excluding hydrogens is 314 g/mol. The van der Waals surface area contributed by atoms with E-state index in [-0.39, 0.29) is 5.91 Å². The van der Waals surface area contributed by atoms with Crippen molar-refractivity contribution < 1.29 is 4.79 Å². The normalized spacial score (nSPS) is 27.6. The van der Waals surface area contributed by atoms with Crippen LogP contribution in [-0.4, -0.2) is 12.5 Å². The van der Waals surface area contributed by atoms with E-state index < -0.39 is 0 Å². The summed E-state index contributed by atoms with van der Waals surface area (Å²) in [6.45, 7) is 3.12. The number of hydrogen-bond acceptors (Lipinski definition) is 1. The maximum atomic E-state index is 12.0. The van der Waals surface area contributed by atoms with Gasteiger partial charge in [-0.25, -0.2) is 0 Å². The molecule has 1 aromatic carbocycles. The first-order chi connectivity index (χ1) is 9.65. The van der Waals surface area contributed by atoms with Crippen molar-refractivity contribution in [3.8, 4) is 0 Å². The number of alkyl halides is 1. The average Bonchev–Trinajstić information content (AvgIpc) is 2.47. The van der Waals surface area contributed by atoms with Crippen LogP contribution in [-0.2, 0) is 6.42 Å². The highest BCUT2D eigenvalue weighted by molar-refractivity contribution is 9.09. The smallest absolute Gasteiger partial charge is 0.251 e. The molecule has 1 atom stereocenters. The molecule has 0 radical (unpaired) electrons. The molecule has 1 amide bonds. The summed E-state index contributed by atoms with van der Waals surface area (Å²) in [5, 5.41) is 2.94. The lowest BCUT2D eigenvalue weighted by Gasteiger charge is -2.30. The highest BCUT2D eigenvalue weighted by Crippen LogP contribution is 2.42. The minimum atomic E-state index is 0.0880. The van der Waals surface area contributed by atoms with Crippen LogP contribution in [0.3, 0.4) is 0 Å². The van der Waals surface area contributed by atoms with Crippen LogP contribution in [0.2, 0.25) is 0 Å². The minimum absolute atomic E-state index is 0.0880. The van der Waals surface area contributed by atoms with Crippen molar-refractivity contribution in [2.45, 2.75) is 43.9 Å². The molecule has 0 saturated heterocycles. The Hall–Kier alpha value is -0.830. The predicted octanol–water partition coefficient (Wildman–Crippen LogP) is 4.23. The van der Waals surface area contributed by atoms with Crippen molar-refractivity contribution >= 4 is 21.8 Å². The zero-order chi connectivity index (χ0) is 14.1. The molecule has 3 rings (SSSR count). The van der Waals surface area contributed by atoms with Crippen LogP contribution >= 0.6 is 15.9 Å². The highest BCUT2D eigenvalue weighted by atomic mass is 79.9. The van der Waals surface area contributed by atoms with E-state index in [0.29, 0.717) is 10.7 Å². The third kappa shape index (κ3) is 2.78. The lowest BCUT2D eigenvalue weighted by Crippen LogP contribution is -2.32. The minimum Gasteiger partial charge on any atom is -0.352 e. The maximum Gasteiger partial charge on any atom is 0.251 e. The van der Waals surface area contributed by atoms with Gasteiger partial charge in [-0.05, 0) is 48.3 Å². The van der Waals surface area contributed by atoms with Crippen LogP contribution in [0, 0.1) is 11.8 Å². The Balaban J connectivity index is 1.80. The molecule has 1 saturated carbocycles. The van der Waals surface area contributed by atoms with Crippen molar-refractivity contribution in [3.05, 3.63) is 34.9 Å². The number of carbonyl (C=O) groups is 1. The fourth-order valence-corrected chi connectivity index (χ4v) is 4.27. The zero-order valence-electron chi connectivity index (χ0n) is 12.0. The predicted molar refractivity (Wildman–Crippen MR) is 85.3 cm³/mol. The average molecular weight is 336 g/mol. The molecule has 1 N–H and O–H groups in total. The number of carbonyl (C=O) groups excluding carboxylic acids is 1. The molecule has 2 nitrogen and oxygen atoms in total. The van der Waals surface area contributed by atoms with Gasteiger partial charge in [0, 0.05) is 16.9 Å². The number of fused-ring (bicyclic) bond motifs is 1. The van der Waals surface area contributed by atoms with Gasteiger partial charge in [-0.15, -0.1) is 0 Å². The summed E-state index contributed by atoms with van der Waals surface area (Å²) in [6.07, 6.45) is 6.20. The largest absolute Gasteiger partial charge is 0.352 e. The van der Waals surface area contributed by atoms with Crippen LogP contribution in [0.4, 0.5) is 0 Å². The third-order valence-corrected chi connectivity index (χ3v) is 6.13. The van der Waals surface area contributed by atoms with E-state index in [0.717, 1.165) is 24.4 Å². The summed E-state index contributed by atoms with van der Waals surface area (Å²) in [5.74, 6) is 1.67. The monoisotopic (exact) mass is 335 g/mol. The van der Waals surface area contributed by atoms with E-state index in [1.54, 1.807) is 0 Å². The van der Waals surface area contributed by atoms with Crippen LogP contribution in [0.25, 0.3) is 0 Å². The Morgan fingerprint density at radius 1 is 1.25 bits per heavy atom. The standard InChI is InChI=1S/C17H22BrNO/c1-11-2-4-13(5-3-11)16(18)14-7-6-12-8-9-19-17(20)15(12)10-14/h6-7,10-11,13,16H,2-5,8-9H2,1H3,(H,19,20). The van der Waals surface area contributed by atoms with Crippen molar-refractivity contribution in [3.63, 3.8) is 0 Å². The molecule has 3 heteroatoms. The summed E-state index contributed by atoms with van der Waals surface area (Å²) < 4.78 is 0. The van der Waals surface area contributed by atoms with E-state index in [9.17, 15) is 4.79 Å². The summed E-state index contributed by atoms with van der Waals surface area (Å²) in [6, 6.07) is 6.44. The van der Waals surface area contributed by atoms with Gasteiger partial charge in [0.05, 0.1) is 0 Å². The Kier molecular flexibility index (Phi) is 4.16. The second kappa shape index (κ2) is 5.88.